The summed E-state index contributed by atoms with van der Waals surface area (Å²) in [5.41, 5.74) is 3.66. The second-order valence-electron chi connectivity index (χ2n) is 7.50. The predicted octanol–water partition coefficient (Wildman–Crippen LogP) is 6.07. The number of aryl methyl sites for hydroxylation is 2. The van der Waals surface area contributed by atoms with Crippen molar-refractivity contribution in [1.82, 2.24) is 5.32 Å². The molecule has 0 aromatic heterocycles. The van der Waals surface area contributed by atoms with Gasteiger partial charge in [0.25, 0.3) is 15.9 Å². The molecule has 0 heterocycles. The van der Waals surface area contributed by atoms with Gasteiger partial charge in [0.1, 0.15) is 4.90 Å². The van der Waals surface area contributed by atoms with Crippen molar-refractivity contribution in [2.45, 2.75) is 24.5 Å². The summed E-state index contributed by atoms with van der Waals surface area (Å²) in [5.74, 6) is 1.16. The minimum absolute atomic E-state index is 0.0438. The molecule has 0 bridgehead atoms. The fraction of sp³-hybridized carbons (Fsp3) is 0.208. The third-order valence-corrected chi connectivity index (χ3v) is 7.95. The first-order valence-corrected chi connectivity index (χ1v) is 13.5. The van der Waals surface area contributed by atoms with Crippen LogP contribution < -0.4 is 10.0 Å². The van der Waals surface area contributed by atoms with Crippen LogP contribution in [0.5, 0.6) is 0 Å². The molecule has 0 saturated carbocycles. The number of carbonyl (C=O) groups excluding carboxylic acids is 1. The number of halogens is 2. The first-order chi connectivity index (χ1) is 15.7. The monoisotopic (exact) mass is 522 g/mol. The molecule has 0 aliphatic rings. The van der Waals surface area contributed by atoms with E-state index >= 15 is 0 Å². The van der Waals surface area contributed by atoms with E-state index in [9.17, 15) is 13.2 Å². The van der Waals surface area contributed by atoms with Crippen molar-refractivity contribution in [2.24, 2.45) is 0 Å². The minimum atomic E-state index is -3.97. The van der Waals surface area contributed by atoms with Crippen LogP contribution in [0.25, 0.3) is 0 Å². The van der Waals surface area contributed by atoms with Crippen LogP contribution in [-0.2, 0) is 15.8 Å². The number of rotatable bonds is 9. The predicted molar refractivity (Wildman–Crippen MR) is 138 cm³/mol. The van der Waals surface area contributed by atoms with Gasteiger partial charge in [-0.05, 0) is 61.4 Å². The van der Waals surface area contributed by atoms with Crippen LogP contribution in [0.1, 0.15) is 27.0 Å². The second kappa shape index (κ2) is 11.3. The highest BCUT2D eigenvalue weighted by atomic mass is 35.5. The molecule has 0 unspecified atom stereocenters. The Balaban J connectivity index is 1.61. The van der Waals surface area contributed by atoms with Crippen LogP contribution in [-0.4, -0.2) is 26.6 Å². The Morgan fingerprint density at radius 1 is 0.970 bits per heavy atom. The van der Waals surface area contributed by atoms with Gasteiger partial charge < -0.3 is 5.32 Å². The Morgan fingerprint density at radius 2 is 1.70 bits per heavy atom. The van der Waals surface area contributed by atoms with E-state index in [-0.39, 0.29) is 21.4 Å². The minimum Gasteiger partial charge on any atom is -0.351 e. The Hall–Kier alpha value is -2.19. The molecule has 3 aromatic carbocycles. The largest absolute Gasteiger partial charge is 0.351 e. The summed E-state index contributed by atoms with van der Waals surface area (Å²) in [6.07, 6.45) is 0. The van der Waals surface area contributed by atoms with Gasteiger partial charge in [0.2, 0.25) is 0 Å². The number of thioether (sulfide) groups is 1. The molecule has 0 spiro atoms. The lowest BCUT2D eigenvalue weighted by Gasteiger charge is -2.13. The molecule has 0 radical (unpaired) electrons. The number of hydrogen-bond acceptors (Lipinski definition) is 4. The second-order valence-corrected chi connectivity index (χ2v) is 11.1. The third kappa shape index (κ3) is 7.14. The van der Waals surface area contributed by atoms with Gasteiger partial charge in [0.15, 0.2) is 0 Å². The van der Waals surface area contributed by atoms with Crippen molar-refractivity contribution >= 4 is 56.6 Å². The van der Waals surface area contributed by atoms with Crippen LogP contribution in [0.3, 0.4) is 0 Å². The average Bonchev–Trinajstić information content (AvgIpc) is 2.77. The van der Waals surface area contributed by atoms with Gasteiger partial charge in [0.05, 0.1) is 10.7 Å². The average molecular weight is 524 g/mol. The van der Waals surface area contributed by atoms with Gasteiger partial charge >= 0.3 is 0 Å². The summed E-state index contributed by atoms with van der Waals surface area (Å²) in [5, 5.41) is 3.56. The van der Waals surface area contributed by atoms with Gasteiger partial charge in [-0.25, -0.2) is 8.42 Å². The lowest BCUT2D eigenvalue weighted by molar-refractivity contribution is 0.0956. The third-order valence-electron chi connectivity index (χ3n) is 4.82. The molecular weight excluding hydrogens is 499 g/mol. The molecule has 5 nitrogen and oxygen atoms in total. The maximum Gasteiger partial charge on any atom is 0.263 e. The Bertz CT molecular complexity index is 1250. The summed E-state index contributed by atoms with van der Waals surface area (Å²) in [7, 11) is -3.97. The number of amides is 1. The number of hydrogen-bond donors (Lipinski definition) is 2. The zero-order valence-corrected chi connectivity index (χ0v) is 21.3. The quantitative estimate of drug-likeness (QED) is 0.334. The van der Waals surface area contributed by atoms with Crippen molar-refractivity contribution < 1.29 is 13.2 Å². The van der Waals surface area contributed by atoms with Gasteiger partial charge in [0, 0.05) is 28.6 Å². The highest BCUT2D eigenvalue weighted by Gasteiger charge is 2.21. The van der Waals surface area contributed by atoms with E-state index in [4.69, 9.17) is 23.2 Å². The van der Waals surface area contributed by atoms with E-state index < -0.39 is 10.0 Å². The molecule has 174 valence electrons. The SMILES string of the molecule is Cc1ccc(NS(=O)(=O)c2cc(C(=O)NCCSCc3ccc(Cl)cc3)ccc2Cl)c(C)c1. The van der Waals surface area contributed by atoms with E-state index in [1.54, 1.807) is 17.8 Å². The molecule has 0 aliphatic carbocycles. The molecule has 9 heteroatoms. The molecule has 3 aromatic rings. The first-order valence-electron chi connectivity index (χ1n) is 10.2. The van der Waals surface area contributed by atoms with Crippen molar-refractivity contribution in [3.63, 3.8) is 0 Å². The van der Waals surface area contributed by atoms with Crippen LogP contribution in [0.2, 0.25) is 10.0 Å². The van der Waals surface area contributed by atoms with E-state index in [2.05, 4.69) is 10.0 Å². The molecule has 2 N–H and O–H groups in total. The number of sulfonamides is 1. The highest BCUT2D eigenvalue weighted by Crippen LogP contribution is 2.26. The van der Waals surface area contributed by atoms with Crippen molar-refractivity contribution in [3.05, 3.63) is 93.0 Å². The molecular formula is C24H24Cl2N2O3S2. The van der Waals surface area contributed by atoms with Crippen molar-refractivity contribution in [1.29, 1.82) is 0 Å². The normalized spacial score (nSPS) is 11.3. The first kappa shape index (κ1) is 25.4. The van der Waals surface area contributed by atoms with E-state index in [0.717, 1.165) is 22.4 Å². The fourth-order valence-corrected chi connectivity index (χ4v) is 5.69. The van der Waals surface area contributed by atoms with Gasteiger partial charge in [-0.15, -0.1) is 0 Å². The van der Waals surface area contributed by atoms with Crippen LogP contribution in [0.4, 0.5) is 5.69 Å². The summed E-state index contributed by atoms with van der Waals surface area (Å²) in [6.45, 7) is 4.20. The molecule has 33 heavy (non-hydrogen) atoms. The van der Waals surface area contributed by atoms with Crippen LogP contribution >= 0.6 is 35.0 Å². The number of nitrogens with one attached hydrogen (secondary N) is 2. The number of benzene rings is 3. The Kier molecular flexibility index (Phi) is 8.70. The van der Waals surface area contributed by atoms with Gasteiger partial charge in [-0.3, -0.25) is 9.52 Å². The molecule has 0 atom stereocenters. The maximum absolute atomic E-state index is 13.0. The molecule has 0 saturated heterocycles. The fourth-order valence-electron chi connectivity index (χ4n) is 3.09. The Labute approximate surface area is 208 Å². The lowest BCUT2D eigenvalue weighted by atomic mass is 10.1. The zero-order valence-electron chi connectivity index (χ0n) is 18.2. The lowest BCUT2D eigenvalue weighted by Crippen LogP contribution is -2.26. The van der Waals surface area contributed by atoms with Crippen molar-refractivity contribution in [2.75, 3.05) is 17.0 Å². The maximum atomic E-state index is 13.0. The molecule has 3 rings (SSSR count). The Morgan fingerprint density at radius 3 is 2.39 bits per heavy atom. The molecule has 1 amide bonds. The summed E-state index contributed by atoms with van der Waals surface area (Å²) >= 11 is 13.7. The number of anilines is 1. The summed E-state index contributed by atoms with van der Waals surface area (Å²) in [4.78, 5) is 12.4. The standard InChI is InChI=1S/C24H24Cl2N2O3S2/c1-16-3-10-22(17(2)13-16)28-33(30,31)23-14-19(6-9-21(23)26)24(29)27-11-12-32-15-18-4-7-20(25)8-5-18/h3-10,13-14,28H,11-12,15H2,1-2H3,(H,27,29). The van der Waals surface area contributed by atoms with Gasteiger partial charge in [-0.2, -0.15) is 11.8 Å². The van der Waals surface area contributed by atoms with E-state index in [1.165, 1.54) is 18.2 Å². The summed E-state index contributed by atoms with van der Waals surface area (Å²) < 4.78 is 28.5. The molecule has 0 aliphatic heterocycles. The smallest absolute Gasteiger partial charge is 0.263 e. The van der Waals surface area contributed by atoms with Crippen LogP contribution in [0, 0.1) is 13.8 Å². The van der Waals surface area contributed by atoms with Gasteiger partial charge in [-0.1, -0.05) is 53.0 Å². The number of carbonyl (C=O) groups is 1. The van der Waals surface area contributed by atoms with Crippen LogP contribution in [0.15, 0.2) is 65.6 Å². The summed E-state index contributed by atoms with van der Waals surface area (Å²) in [6, 6.07) is 17.3. The van der Waals surface area contributed by atoms with Crippen molar-refractivity contribution in [3.8, 4) is 0 Å². The van der Waals surface area contributed by atoms with E-state index in [0.29, 0.717) is 23.0 Å². The van der Waals surface area contributed by atoms with E-state index in [1.807, 2.05) is 50.2 Å². The zero-order chi connectivity index (χ0) is 24.0. The highest BCUT2D eigenvalue weighted by molar-refractivity contribution is 7.98. The topological polar surface area (TPSA) is 75.3 Å². The molecule has 0 fully saturated rings.